The van der Waals surface area contributed by atoms with Gasteiger partial charge in [0.2, 0.25) is 0 Å². The van der Waals surface area contributed by atoms with E-state index < -0.39 is 0 Å². The summed E-state index contributed by atoms with van der Waals surface area (Å²) in [5.41, 5.74) is 0. The van der Waals surface area contributed by atoms with Gasteiger partial charge >= 0.3 is 0 Å². The lowest BCUT2D eigenvalue weighted by Gasteiger charge is -2.05. The molecule has 2 N–H and O–H groups in total. The van der Waals surface area contributed by atoms with Gasteiger partial charge in [-0.05, 0) is 0 Å². The Labute approximate surface area is 176 Å². The molecular formula is C20H42O9. The predicted molar refractivity (Wildman–Crippen MR) is 113 cm³/mol. The zero-order valence-corrected chi connectivity index (χ0v) is 18.2. The van der Waals surface area contributed by atoms with E-state index in [-0.39, 0.29) is 5.48 Å². The fourth-order valence-corrected chi connectivity index (χ4v) is 1.50. The van der Waals surface area contributed by atoms with E-state index in [0.29, 0.717) is 92.5 Å². The lowest BCUT2D eigenvalue weighted by molar-refractivity contribution is 0.00709. The molecule has 0 aliphatic heterocycles. The molecule has 0 bridgehead atoms. The second-order valence-electron chi connectivity index (χ2n) is 5.16. The highest BCUT2D eigenvalue weighted by molar-refractivity contribution is 4.63. The van der Waals surface area contributed by atoms with Crippen molar-refractivity contribution in [3.05, 3.63) is 25.3 Å². The first-order chi connectivity index (χ1) is 13.8. The number of methoxy groups -OCH3 is 2. The van der Waals surface area contributed by atoms with Crippen LogP contribution in [0.2, 0.25) is 0 Å². The van der Waals surface area contributed by atoms with Gasteiger partial charge in [0.1, 0.15) is 0 Å². The SMILES string of the molecule is C=CCOCCOCCOCCOC.C=CCOCCOCCOCCOC.O. The van der Waals surface area contributed by atoms with Crippen molar-refractivity contribution in [3.8, 4) is 0 Å². The standard InChI is InChI=1S/2C10H20O4.H2O/c2*1-3-4-12-7-8-14-10-9-13-6-5-11-2;/h2*3H,1,4-10H2,2H3;1H2. The highest BCUT2D eigenvalue weighted by atomic mass is 16.6. The van der Waals surface area contributed by atoms with Crippen LogP contribution in [0, 0.1) is 0 Å². The minimum absolute atomic E-state index is 0. The lowest BCUT2D eigenvalue weighted by Crippen LogP contribution is -2.11. The van der Waals surface area contributed by atoms with Crippen molar-refractivity contribution in [2.45, 2.75) is 0 Å². The van der Waals surface area contributed by atoms with Crippen LogP contribution in [0.15, 0.2) is 25.3 Å². The largest absolute Gasteiger partial charge is 0.412 e. The third-order valence-electron chi connectivity index (χ3n) is 2.82. The van der Waals surface area contributed by atoms with Crippen LogP contribution in [0.4, 0.5) is 0 Å². The van der Waals surface area contributed by atoms with Crippen LogP contribution in [-0.4, -0.2) is 112 Å². The molecule has 0 atom stereocenters. The maximum atomic E-state index is 5.24. The third-order valence-corrected chi connectivity index (χ3v) is 2.82. The molecule has 0 radical (unpaired) electrons. The Hall–Kier alpha value is -0.880. The molecule has 0 saturated heterocycles. The number of hydrogen-bond acceptors (Lipinski definition) is 8. The molecule has 0 heterocycles. The van der Waals surface area contributed by atoms with Gasteiger partial charge in [0.25, 0.3) is 0 Å². The minimum Gasteiger partial charge on any atom is -0.412 e. The van der Waals surface area contributed by atoms with Crippen molar-refractivity contribution in [3.63, 3.8) is 0 Å². The molecule has 0 aromatic rings. The molecule has 29 heavy (non-hydrogen) atoms. The fraction of sp³-hybridized carbons (Fsp3) is 0.800. The van der Waals surface area contributed by atoms with Crippen molar-refractivity contribution in [1.82, 2.24) is 0 Å². The molecule has 0 saturated carbocycles. The molecule has 0 aromatic heterocycles. The first kappa shape index (κ1) is 32.8. The lowest BCUT2D eigenvalue weighted by atomic mass is 10.6. The summed E-state index contributed by atoms with van der Waals surface area (Å²) >= 11 is 0. The molecule has 0 aliphatic carbocycles. The van der Waals surface area contributed by atoms with E-state index in [2.05, 4.69) is 13.2 Å². The molecule has 0 aliphatic rings. The zero-order chi connectivity index (χ0) is 21.0. The molecule has 0 rings (SSSR count). The van der Waals surface area contributed by atoms with E-state index in [0.717, 1.165) is 0 Å². The van der Waals surface area contributed by atoms with Gasteiger partial charge < -0.3 is 43.4 Å². The molecule has 0 unspecified atom stereocenters. The topological polar surface area (TPSA) is 105 Å². The number of ether oxygens (including phenoxy) is 8. The average molecular weight is 427 g/mol. The summed E-state index contributed by atoms with van der Waals surface area (Å²) in [6.45, 7) is 15.5. The molecule has 0 amide bonds. The molecule has 9 heteroatoms. The van der Waals surface area contributed by atoms with Gasteiger partial charge in [0.05, 0.1) is 92.5 Å². The Bertz CT molecular complexity index is 263. The fourth-order valence-electron chi connectivity index (χ4n) is 1.50. The second kappa shape index (κ2) is 34.6. The second-order valence-corrected chi connectivity index (χ2v) is 5.16. The van der Waals surface area contributed by atoms with E-state index >= 15 is 0 Å². The molecule has 0 spiro atoms. The summed E-state index contributed by atoms with van der Waals surface area (Å²) in [4.78, 5) is 0. The first-order valence-corrected chi connectivity index (χ1v) is 9.49. The van der Waals surface area contributed by atoms with Gasteiger partial charge in [-0.1, -0.05) is 12.2 Å². The summed E-state index contributed by atoms with van der Waals surface area (Å²) in [5.74, 6) is 0. The first-order valence-electron chi connectivity index (χ1n) is 9.49. The molecular weight excluding hydrogens is 384 g/mol. The van der Waals surface area contributed by atoms with Gasteiger partial charge in [0.15, 0.2) is 0 Å². The maximum Gasteiger partial charge on any atom is 0.0704 e. The minimum atomic E-state index is 0. The van der Waals surface area contributed by atoms with Crippen LogP contribution < -0.4 is 0 Å². The van der Waals surface area contributed by atoms with Crippen molar-refractivity contribution in [2.75, 3.05) is 107 Å². The van der Waals surface area contributed by atoms with E-state index in [9.17, 15) is 0 Å². The Balaban J connectivity index is -0.000000451. The molecule has 176 valence electrons. The Morgan fingerprint density at radius 1 is 0.448 bits per heavy atom. The predicted octanol–water partition coefficient (Wildman–Crippen LogP) is 0.913. The van der Waals surface area contributed by atoms with Gasteiger partial charge in [-0.25, -0.2) is 0 Å². The Morgan fingerprint density at radius 3 is 0.931 bits per heavy atom. The van der Waals surface area contributed by atoms with E-state index in [1.807, 2.05) is 0 Å². The Kier molecular flexibility index (Phi) is 39.1. The van der Waals surface area contributed by atoms with Gasteiger partial charge in [0, 0.05) is 14.2 Å². The summed E-state index contributed by atoms with van der Waals surface area (Å²) in [6.07, 6.45) is 3.43. The van der Waals surface area contributed by atoms with Gasteiger partial charge in [-0.2, -0.15) is 0 Å². The normalized spacial score (nSPS) is 10.0. The highest BCUT2D eigenvalue weighted by Crippen LogP contribution is 1.82. The molecule has 0 aromatic carbocycles. The van der Waals surface area contributed by atoms with Crippen LogP contribution in [0.25, 0.3) is 0 Å². The maximum absolute atomic E-state index is 5.24. The monoisotopic (exact) mass is 426 g/mol. The van der Waals surface area contributed by atoms with E-state index in [1.54, 1.807) is 26.4 Å². The quantitative estimate of drug-likeness (QED) is 0.186. The van der Waals surface area contributed by atoms with Crippen molar-refractivity contribution in [1.29, 1.82) is 0 Å². The third kappa shape index (κ3) is 38.4. The zero-order valence-electron chi connectivity index (χ0n) is 18.2. The van der Waals surface area contributed by atoms with Crippen LogP contribution in [0.3, 0.4) is 0 Å². The Morgan fingerprint density at radius 2 is 0.690 bits per heavy atom. The summed E-state index contributed by atoms with van der Waals surface area (Å²) < 4.78 is 40.7. The van der Waals surface area contributed by atoms with Crippen LogP contribution in [0.5, 0.6) is 0 Å². The van der Waals surface area contributed by atoms with Crippen molar-refractivity contribution in [2.24, 2.45) is 0 Å². The van der Waals surface area contributed by atoms with Gasteiger partial charge in [-0.3, -0.25) is 0 Å². The number of rotatable bonds is 22. The number of hydrogen-bond donors (Lipinski definition) is 0. The van der Waals surface area contributed by atoms with Crippen LogP contribution in [-0.2, 0) is 37.9 Å². The van der Waals surface area contributed by atoms with Crippen molar-refractivity contribution < 1.29 is 43.4 Å². The molecule has 0 fully saturated rings. The molecule has 9 nitrogen and oxygen atoms in total. The van der Waals surface area contributed by atoms with Crippen LogP contribution in [0.1, 0.15) is 0 Å². The summed E-state index contributed by atoms with van der Waals surface area (Å²) in [5, 5.41) is 0. The van der Waals surface area contributed by atoms with Crippen LogP contribution >= 0.6 is 0 Å². The van der Waals surface area contributed by atoms with Gasteiger partial charge in [-0.15, -0.1) is 13.2 Å². The smallest absolute Gasteiger partial charge is 0.0704 e. The average Bonchev–Trinajstić information content (AvgIpc) is 2.71. The van der Waals surface area contributed by atoms with E-state index in [1.165, 1.54) is 0 Å². The highest BCUT2D eigenvalue weighted by Gasteiger charge is 1.91. The summed E-state index contributed by atoms with van der Waals surface area (Å²) in [7, 11) is 3.30. The summed E-state index contributed by atoms with van der Waals surface area (Å²) in [6, 6.07) is 0. The van der Waals surface area contributed by atoms with E-state index in [4.69, 9.17) is 37.9 Å². The van der Waals surface area contributed by atoms with Crippen molar-refractivity contribution >= 4 is 0 Å².